The molecule has 5 nitrogen and oxygen atoms in total. The Morgan fingerprint density at radius 2 is 2.22 bits per heavy atom. The fourth-order valence-electron chi connectivity index (χ4n) is 1.40. The number of methoxy groups -OCH3 is 1. The number of nitrogens with two attached hydrogens (primary N) is 1. The molecule has 3 N–H and O–H groups in total. The van der Waals surface area contributed by atoms with Crippen LogP contribution in [0.1, 0.15) is 17.3 Å². The van der Waals surface area contributed by atoms with Crippen LogP contribution in [0.2, 0.25) is 0 Å². The van der Waals surface area contributed by atoms with Crippen molar-refractivity contribution < 1.29 is 13.7 Å². The largest absolute Gasteiger partial charge is 0.495 e. The Morgan fingerprint density at radius 1 is 1.50 bits per heavy atom. The first-order valence-corrected chi connectivity index (χ1v) is 7.14. The maximum Gasteiger partial charge on any atom is 0.251 e. The first-order chi connectivity index (χ1) is 8.58. The summed E-state index contributed by atoms with van der Waals surface area (Å²) in [6.07, 6.45) is 0. The Balaban J connectivity index is 2.56. The average molecular weight is 270 g/mol. The molecule has 0 saturated heterocycles. The Bertz CT molecular complexity index is 449. The van der Waals surface area contributed by atoms with Crippen molar-refractivity contribution in [3.63, 3.8) is 0 Å². The van der Waals surface area contributed by atoms with Crippen LogP contribution in [0.4, 0.5) is 5.69 Å². The van der Waals surface area contributed by atoms with Crippen LogP contribution in [-0.4, -0.2) is 35.3 Å². The van der Waals surface area contributed by atoms with Gasteiger partial charge in [-0.1, -0.05) is 6.92 Å². The summed E-state index contributed by atoms with van der Waals surface area (Å²) in [7, 11) is 0.651. The van der Waals surface area contributed by atoms with E-state index in [0.717, 1.165) is 0 Å². The molecule has 0 heterocycles. The minimum absolute atomic E-state index is 0.225. The van der Waals surface area contributed by atoms with E-state index in [0.29, 0.717) is 35.1 Å². The van der Waals surface area contributed by atoms with Gasteiger partial charge in [0.25, 0.3) is 5.91 Å². The average Bonchev–Trinajstić information content (AvgIpc) is 2.38. The lowest BCUT2D eigenvalue weighted by molar-refractivity contribution is 0.0956. The van der Waals surface area contributed by atoms with Gasteiger partial charge < -0.3 is 15.8 Å². The number of benzene rings is 1. The lowest BCUT2D eigenvalue weighted by atomic mass is 10.2. The number of nitrogens with one attached hydrogen (secondary N) is 1. The number of nitrogen functional groups attached to an aromatic ring is 1. The third kappa shape index (κ3) is 4.03. The van der Waals surface area contributed by atoms with Gasteiger partial charge in [0.2, 0.25) is 0 Å². The summed E-state index contributed by atoms with van der Waals surface area (Å²) in [5.41, 5.74) is 6.60. The normalized spacial score (nSPS) is 11.9. The van der Waals surface area contributed by atoms with Gasteiger partial charge in [-0.3, -0.25) is 9.00 Å². The molecule has 0 fully saturated rings. The van der Waals surface area contributed by atoms with E-state index < -0.39 is 10.8 Å². The van der Waals surface area contributed by atoms with Crippen LogP contribution < -0.4 is 15.8 Å². The van der Waals surface area contributed by atoms with Gasteiger partial charge in [0.1, 0.15) is 5.75 Å². The van der Waals surface area contributed by atoms with E-state index in [1.807, 2.05) is 6.92 Å². The summed E-state index contributed by atoms with van der Waals surface area (Å²) in [4.78, 5) is 11.8. The molecule has 0 spiro atoms. The highest BCUT2D eigenvalue weighted by Crippen LogP contribution is 2.21. The van der Waals surface area contributed by atoms with Gasteiger partial charge >= 0.3 is 0 Å². The molecule has 1 rings (SSSR count). The van der Waals surface area contributed by atoms with Crippen molar-refractivity contribution in [3.05, 3.63) is 23.8 Å². The molecule has 0 radical (unpaired) electrons. The van der Waals surface area contributed by atoms with Crippen molar-refractivity contribution in [2.75, 3.05) is 30.9 Å². The second kappa shape index (κ2) is 7.00. The first kappa shape index (κ1) is 14.5. The number of amides is 1. The third-order valence-corrected chi connectivity index (χ3v) is 3.73. The number of hydrogen-bond donors (Lipinski definition) is 2. The van der Waals surface area contributed by atoms with Crippen molar-refractivity contribution in [1.29, 1.82) is 0 Å². The van der Waals surface area contributed by atoms with Crippen LogP contribution in [0.3, 0.4) is 0 Å². The molecular formula is C12H18N2O3S. The lowest BCUT2D eigenvalue weighted by Crippen LogP contribution is -2.28. The zero-order chi connectivity index (χ0) is 13.5. The quantitative estimate of drug-likeness (QED) is 0.748. The minimum Gasteiger partial charge on any atom is -0.495 e. The lowest BCUT2D eigenvalue weighted by Gasteiger charge is -2.08. The SMILES string of the molecule is CCS(=O)CCNC(=O)c1ccc(OC)c(N)c1. The van der Waals surface area contributed by atoms with Crippen molar-refractivity contribution in [2.45, 2.75) is 6.92 Å². The van der Waals surface area contributed by atoms with Gasteiger partial charge in [0.05, 0.1) is 12.8 Å². The van der Waals surface area contributed by atoms with Crippen molar-refractivity contribution in [3.8, 4) is 5.75 Å². The van der Waals surface area contributed by atoms with E-state index >= 15 is 0 Å². The molecular weight excluding hydrogens is 252 g/mol. The van der Waals surface area contributed by atoms with Crippen molar-refractivity contribution in [1.82, 2.24) is 5.32 Å². The van der Waals surface area contributed by atoms with Crippen molar-refractivity contribution >= 4 is 22.4 Å². The summed E-state index contributed by atoms with van der Waals surface area (Å²) in [6, 6.07) is 4.85. The van der Waals surface area contributed by atoms with Gasteiger partial charge in [0.15, 0.2) is 0 Å². The van der Waals surface area contributed by atoms with E-state index in [-0.39, 0.29) is 5.91 Å². The summed E-state index contributed by atoms with van der Waals surface area (Å²) < 4.78 is 16.2. The number of carbonyl (C=O) groups is 1. The molecule has 1 aromatic rings. The van der Waals surface area contributed by atoms with E-state index in [2.05, 4.69) is 5.32 Å². The predicted octanol–water partition coefficient (Wildman–Crippen LogP) is 0.776. The number of ether oxygens (including phenoxy) is 1. The van der Waals surface area contributed by atoms with Crippen LogP contribution in [-0.2, 0) is 10.8 Å². The van der Waals surface area contributed by atoms with Gasteiger partial charge in [-0.05, 0) is 18.2 Å². The molecule has 1 atom stereocenters. The molecule has 1 amide bonds. The molecule has 0 aliphatic carbocycles. The fourth-order valence-corrected chi connectivity index (χ4v) is 2.02. The Hall–Kier alpha value is -1.56. The molecule has 0 bridgehead atoms. The molecule has 18 heavy (non-hydrogen) atoms. The Kier molecular flexibility index (Phi) is 5.64. The molecule has 1 aromatic carbocycles. The van der Waals surface area contributed by atoms with Crippen LogP contribution in [0.5, 0.6) is 5.75 Å². The smallest absolute Gasteiger partial charge is 0.251 e. The molecule has 0 aromatic heterocycles. The number of carbonyl (C=O) groups excluding carboxylic acids is 1. The summed E-state index contributed by atoms with van der Waals surface area (Å²) in [5, 5.41) is 2.70. The monoisotopic (exact) mass is 270 g/mol. The van der Waals surface area contributed by atoms with Crippen LogP contribution in [0.15, 0.2) is 18.2 Å². The maximum absolute atomic E-state index is 11.8. The number of anilines is 1. The van der Waals surface area contributed by atoms with Gasteiger partial charge in [-0.15, -0.1) is 0 Å². The zero-order valence-corrected chi connectivity index (χ0v) is 11.4. The zero-order valence-electron chi connectivity index (χ0n) is 10.6. The highest BCUT2D eigenvalue weighted by molar-refractivity contribution is 7.84. The molecule has 6 heteroatoms. The standard InChI is InChI=1S/C12H18N2O3S/c1-3-18(16)7-6-14-12(15)9-4-5-11(17-2)10(13)8-9/h4-5,8H,3,6-7,13H2,1-2H3,(H,14,15). The van der Waals surface area contributed by atoms with E-state index in [9.17, 15) is 9.00 Å². The summed E-state index contributed by atoms with van der Waals surface area (Å²) in [5.74, 6) is 1.38. The van der Waals surface area contributed by atoms with Crippen molar-refractivity contribution in [2.24, 2.45) is 0 Å². The first-order valence-electron chi connectivity index (χ1n) is 5.65. The highest BCUT2D eigenvalue weighted by Gasteiger charge is 2.08. The molecule has 0 aliphatic heterocycles. The topological polar surface area (TPSA) is 81.4 Å². The number of hydrogen-bond acceptors (Lipinski definition) is 4. The van der Waals surface area contributed by atoms with E-state index in [1.54, 1.807) is 18.2 Å². The van der Waals surface area contributed by atoms with E-state index in [1.165, 1.54) is 7.11 Å². The summed E-state index contributed by atoms with van der Waals surface area (Å²) in [6.45, 7) is 2.24. The number of rotatable bonds is 6. The van der Waals surface area contributed by atoms with Gasteiger partial charge in [0, 0.05) is 34.4 Å². The predicted molar refractivity (Wildman–Crippen MR) is 73.3 cm³/mol. The third-order valence-electron chi connectivity index (χ3n) is 2.43. The van der Waals surface area contributed by atoms with Crippen LogP contribution in [0.25, 0.3) is 0 Å². The second-order valence-corrected chi connectivity index (χ2v) is 5.51. The minimum atomic E-state index is -0.869. The maximum atomic E-state index is 11.8. The molecule has 1 unspecified atom stereocenters. The molecule has 0 aliphatic rings. The Labute approximate surface area is 109 Å². The van der Waals surface area contributed by atoms with Gasteiger partial charge in [-0.2, -0.15) is 0 Å². The fraction of sp³-hybridized carbons (Fsp3) is 0.417. The van der Waals surface area contributed by atoms with E-state index in [4.69, 9.17) is 10.5 Å². The molecule has 0 saturated carbocycles. The summed E-state index contributed by atoms with van der Waals surface area (Å²) >= 11 is 0. The molecule has 100 valence electrons. The Morgan fingerprint density at radius 3 is 2.78 bits per heavy atom. The highest BCUT2D eigenvalue weighted by atomic mass is 32.2. The second-order valence-electron chi connectivity index (χ2n) is 3.65. The van der Waals surface area contributed by atoms with Crippen LogP contribution in [0, 0.1) is 0 Å². The van der Waals surface area contributed by atoms with Crippen LogP contribution >= 0.6 is 0 Å². The van der Waals surface area contributed by atoms with Gasteiger partial charge in [-0.25, -0.2) is 0 Å².